The lowest BCUT2D eigenvalue weighted by Crippen LogP contribution is -2.21. The lowest BCUT2D eigenvalue weighted by molar-refractivity contribution is -0.144. The average molecular weight is 398 g/mol. The largest absolute Gasteiger partial charge is 0.455 e. The fourth-order valence-electron chi connectivity index (χ4n) is 2.49. The number of esters is 1. The molecular weight excluding hydrogens is 378 g/mol. The van der Waals surface area contributed by atoms with Gasteiger partial charge in [-0.15, -0.1) is 23.5 Å². The van der Waals surface area contributed by atoms with Crippen LogP contribution in [-0.4, -0.2) is 30.5 Å². The van der Waals surface area contributed by atoms with Gasteiger partial charge in [0.1, 0.15) is 0 Å². The Morgan fingerprint density at radius 3 is 2.56 bits per heavy atom. The van der Waals surface area contributed by atoms with Crippen molar-refractivity contribution in [2.75, 3.05) is 23.9 Å². The molecule has 1 N–H and O–H groups in total. The molecule has 0 aliphatic rings. The summed E-state index contributed by atoms with van der Waals surface area (Å²) in [6.45, 7) is -0.291. The number of nitrogens with one attached hydrogen (secondary N) is 1. The van der Waals surface area contributed by atoms with Crippen molar-refractivity contribution in [1.82, 2.24) is 0 Å². The molecule has 4 nitrogen and oxygen atoms in total. The molecule has 0 atom stereocenters. The normalized spacial score (nSPS) is 10.6. The second kappa shape index (κ2) is 9.48. The van der Waals surface area contributed by atoms with Crippen LogP contribution in [0.2, 0.25) is 0 Å². The highest BCUT2D eigenvalue weighted by molar-refractivity contribution is 8.00. The molecule has 0 aliphatic heterocycles. The maximum absolute atomic E-state index is 11.9. The van der Waals surface area contributed by atoms with Crippen LogP contribution >= 0.6 is 23.5 Å². The first-order chi connectivity index (χ1) is 13.1. The number of carbonyl (C=O) groups excluding carboxylic acids is 2. The van der Waals surface area contributed by atoms with Gasteiger partial charge in [-0.2, -0.15) is 0 Å². The van der Waals surface area contributed by atoms with E-state index in [0.717, 1.165) is 20.6 Å². The van der Waals surface area contributed by atoms with E-state index in [1.54, 1.807) is 17.8 Å². The Hall–Kier alpha value is -2.44. The van der Waals surface area contributed by atoms with Crippen LogP contribution in [0.1, 0.15) is 0 Å². The SMILES string of the molecule is CSc1cccc(NC(=O)COC(=O)CSc2ccc3ccccc3c2)c1. The van der Waals surface area contributed by atoms with Crippen molar-refractivity contribution in [3.63, 3.8) is 0 Å². The molecule has 0 saturated heterocycles. The third-order valence-corrected chi connectivity index (χ3v) is 5.49. The molecule has 0 fully saturated rings. The molecule has 1 amide bonds. The van der Waals surface area contributed by atoms with Gasteiger partial charge in [0, 0.05) is 15.5 Å². The summed E-state index contributed by atoms with van der Waals surface area (Å²) in [4.78, 5) is 25.9. The predicted octanol–water partition coefficient (Wildman–Crippen LogP) is 4.84. The molecule has 0 heterocycles. The summed E-state index contributed by atoms with van der Waals surface area (Å²) in [6.07, 6.45) is 1.97. The number of rotatable bonds is 7. The molecular formula is C21H19NO3S2. The minimum absolute atomic E-state index is 0.160. The number of fused-ring (bicyclic) bond motifs is 1. The van der Waals surface area contributed by atoms with Crippen molar-refractivity contribution in [3.8, 4) is 0 Å². The molecule has 27 heavy (non-hydrogen) atoms. The van der Waals surface area contributed by atoms with Crippen molar-refractivity contribution >= 4 is 51.9 Å². The summed E-state index contributed by atoms with van der Waals surface area (Å²) in [6, 6.07) is 21.6. The monoisotopic (exact) mass is 397 g/mol. The predicted molar refractivity (Wildman–Crippen MR) is 112 cm³/mol. The molecule has 0 unspecified atom stereocenters. The topological polar surface area (TPSA) is 55.4 Å². The van der Waals surface area contributed by atoms with Gasteiger partial charge in [-0.05, 0) is 47.4 Å². The van der Waals surface area contributed by atoms with Gasteiger partial charge in [0.15, 0.2) is 6.61 Å². The van der Waals surface area contributed by atoms with Crippen molar-refractivity contribution in [1.29, 1.82) is 0 Å². The smallest absolute Gasteiger partial charge is 0.316 e. The van der Waals surface area contributed by atoms with Crippen LogP contribution in [0.15, 0.2) is 76.5 Å². The highest BCUT2D eigenvalue weighted by Crippen LogP contribution is 2.23. The fourth-order valence-corrected chi connectivity index (χ4v) is 3.69. The Labute approximate surface area is 166 Å². The van der Waals surface area contributed by atoms with Gasteiger partial charge < -0.3 is 10.1 Å². The molecule has 0 aromatic heterocycles. The van der Waals surface area contributed by atoms with Crippen LogP contribution < -0.4 is 5.32 Å². The first-order valence-corrected chi connectivity index (χ1v) is 10.6. The number of ether oxygens (including phenoxy) is 1. The lowest BCUT2D eigenvalue weighted by atomic mass is 10.1. The minimum atomic E-state index is -0.416. The molecule has 0 aliphatic carbocycles. The van der Waals surface area contributed by atoms with E-state index in [-0.39, 0.29) is 18.3 Å². The lowest BCUT2D eigenvalue weighted by Gasteiger charge is -2.08. The van der Waals surface area contributed by atoms with E-state index in [9.17, 15) is 9.59 Å². The van der Waals surface area contributed by atoms with Crippen LogP contribution in [0, 0.1) is 0 Å². The Kier molecular flexibility index (Phi) is 6.79. The molecule has 3 aromatic rings. The highest BCUT2D eigenvalue weighted by atomic mass is 32.2. The van der Waals surface area contributed by atoms with E-state index in [1.807, 2.05) is 66.9 Å². The van der Waals surface area contributed by atoms with Crippen LogP contribution in [0.4, 0.5) is 5.69 Å². The quantitative estimate of drug-likeness (QED) is 0.457. The molecule has 6 heteroatoms. The first-order valence-electron chi connectivity index (χ1n) is 8.35. The van der Waals surface area contributed by atoms with E-state index in [4.69, 9.17) is 4.74 Å². The number of hydrogen-bond acceptors (Lipinski definition) is 5. The van der Waals surface area contributed by atoms with Gasteiger partial charge in [-0.1, -0.05) is 36.4 Å². The zero-order chi connectivity index (χ0) is 19.1. The van der Waals surface area contributed by atoms with E-state index in [2.05, 4.69) is 5.32 Å². The van der Waals surface area contributed by atoms with Crippen molar-refractivity contribution in [2.24, 2.45) is 0 Å². The Bertz CT molecular complexity index is 959. The van der Waals surface area contributed by atoms with E-state index in [1.165, 1.54) is 11.8 Å². The third kappa shape index (κ3) is 5.77. The molecule has 3 aromatic carbocycles. The number of hydrogen-bond donors (Lipinski definition) is 1. The van der Waals surface area contributed by atoms with Gasteiger partial charge in [-0.3, -0.25) is 9.59 Å². The number of benzene rings is 3. The third-order valence-electron chi connectivity index (χ3n) is 3.80. The average Bonchev–Trinajstić information content (AvgIpc) is 2.70. The summed E-state index contributed by atoms with van der Waals surface area (Å²) < 4.78 is 5.06. The van der Waals surface area contributed by atoms with Gasteiger partial charge in [-0.25, -0.2) is 0 Å². The van der Waals surface area contributed by atoms with E-state index in [0.29, 0.717) is 5.69 Å². The molecule has 0 radical (unpaired) electrons. The minimum Gasteiger partial charge on any atom is -0.455 e. The summed E-state index contributed by atoms with van der Waals surface area (Å²) in [5.41, 5.74) is 0.688. The summed E-state index contributed by atoms with van der Waals surface area (Å²) >= 11 is 2.99. The zero-order valence-corrected chi connectivity index (χ0v) is 16.4. The van der Waals surface area contributed by atoms with Gasteiger partial charge in [0.2, 0.25) is 0 Å². The molecule has 0 saturated carbocycles. The van der Waals surface area contributed by atoms with Gasteiger partial charge >= 0.3 is 5.97 Å². The van der Waals surface area contributed by atoms with Crippen LogP contribution in [0.3, 0.4) is 0 Å². The van der Waals surface area contributed by atoms with Crippen molar-refractivity contribution in [2.45, 2.75) is 9.79 Å². The van der Waals surface area contributed by atoms with Crippen LogP contribution in [0.5, 0.6) is 0 Å². The summed E-state index contributed by atoms with van der Waals surface area (Å²) in [5, 5.41) is 5.02. The van der Waals surface area contributed by atoms with Crippen LogP contribution in [0.25, 0.3) is 10.8 Å². The maximum atomic E-state index is 11.9. The summed E-state index contributed by atoms with van der Waals surface area (Å²) in [5.74, 6) is -0.605. The van der Waals surface area contributed by atoms with Gasteiger partial charge in [0.25, 0.3) is 5.91 Å². The first kappa shape index (κ1) is 19.3. The van der Waals surface area contributed by atoms with E-state index >= 15 is 0 Å². The van der Waals surface area contributed by atoms with Crippen molar-refractivity contribution in [3.05, 3.63) is 66.7 Å². The molecule has 0 bridgehead atoms. The maximum Gasteiger partial charge on any atom is 0.316 e. The Morgan fingerprint density at radius 1 is 0.926 bits per heavy atom. The number of amides is 1. The fraction of sp³-hybridized carbons (Fsp3) is 0.143. The molecule has 138 valence electrons. The number of anilines is 1. The second-order valence-corrected chi connectivity index (χ2v) is 7.67. The summed E-state index contributed by atoms with van der Waals surface area (Å²) in [7, 11) is 0. The Balaban J connectivity index is 1.45. The van der Waals surface area contributed by atoms with Gasteiger partial charge in [0.05, 0.1) is 5.75 Å². The second-order valence-electron chi connectivity index (χ2n) is 5.74. The van der Waals surface area contributed by atoms with Crippen LogP contribution in [-0.2, 0) is 14.3 Å². The molecule has 3 rings (SSSR count). The Morgan fingerprint density at radius 2 is 1.74 bits per heavy atom. The van der Waals surface area contributed by atoms with E-state index < -0.39 is 5.97 Å². The standard InChI is InChI=1S/C21H19NO3S2/c1-26-18-8-4-7-17(12-18)22-20(23)13-25-21(24)14-27-19-10-9-15-5-2-3-6-16(15)11-19/h2-12H,13-14H2,1H3,(H,22,23). The zero-order valence-electron chi connectivity index (χ0n) is 14.8. The number of carbonyl (C=O) groups is 2. The van der Waals surface area contributed by atoms with Crippen molar-refractivity contribution < 1.29 is 14.3 Å². The number of thioether (sulfide) groups is 2. The highest BCUT2D eigenvalue weighted by Gasteiger charge is 2.09. The molecule has 0 spiro atoms.